The summed E-state index contributed by atoms with van der Waals surface area (Å²) in [6, 6.07) is 5.76. The van der Waals surface area contributed by atoms with Crippen molar-refractivity contribution in [3.8, 4) is 5.69 Å². The molecule has 0 aliphatic carbocycles. The van der Waals surface area contributed by atoms with E-state index in [2.05, 4.69) is 47.4 Å². The molecule has 7 heteroatoms. The largest absolute Gasteiger partial charge is 0.194 e. The molecule has 0 N–H and O–H groups in total. The predicted molar refractivity (Wildman–Crippen MR) is 68.8 cm³/mol. The molecule has 0 fully saturated rings. The molecule has 2 rings (SSSR count). The molecular weight excluding hydrogens is 359 g/mol. The minimum atomic E-state index is -0.256. The zero-order valence-electron chi connectivity index (χ0n) is 8.23. The second kappa shape index (κ2) is 4.81. The summed E-state index contributed by atoms with van der Waals surface area (Å²) in [6.07, 6.45) is 0. The minimum Gasteiger partial charge on any atom is -0.194 e. The second-order valence-electron chi connectivity index (χ2n) is 3.14. The molecule has 0 aliphatic heterocycles. The van der Waals surface area contributed by atoms with Gasteiger partial charge in [-0.3, -0.25) is 0 Å². The Morgan fingerprint density at radius 1 is 1.31 bits per heavy atom. The highest BCUT2D eigenvalue weighted by Crippen LogP contribution is 2.30. The number of halogens is 3. The van der Waals surface area contributed by atoms with Crippen LogP contribution >= 0.6 is 43.5 Å². The van der Waals surface area contributed by atoms with Crippen LogP contribution in [0, 0.1) is 0 Å². The number of hydrogen-bond donors (Lipinski definition) is 0. The molecule has 1 heterocycles. The van der Waals surface area contributed by atoms with Gasteiger partial charge in [-0.1, -0.05) is 6.07 Å². The van der Waals surface area contributed by atoms with Gasteiger partial charge in [0, 0.05) is 8.95 Å². The Labute approximate surface area is 114 Å². The maximum absolute atomic E-state index is 6.01. The number of alkyl halides is 1. The molecule has 0 bridgehead atoms. The van der Waals surface area contributed by atoms with E-state index in [1.54, 1.807) is 4.68 Å². The Hall–Kier alpha value is -0.460. The van der Waals surface area contributed by atoms with Crippen molar-refractivity contribution in [2.45, 2.75) is 12.3 Å². The normalized spacial score (nSPS) is 12.8. The summed E-state index contributed by atoms with van der Waals surface area (Å²) in [5.74, 6) is 0.606. The molecule has 0 aliphatic rings. The first-order valence-corrected chi connectivity index (χ1v) is 6.50. The monoisotopic (exact) mass is 364 g/mol. The van der Waals surface area contributed by atoms with Crippen molar-refractivity contribution in [3.63, 3.8) is 0 Å². The molecule has 1 aromatic carbocycles. The second-order valence-corrected chi connectivity index (χ2v) is 5.50. The van der Waals surface area contributed by atoms with Gasteiger partial charge in [-0.15, -0.1) is 16.7 Å². The molecule has 0 saturated heterocycles. The van der Waals surface area contributed by atoms with Gasteiger partial charge in [-0.2, -0.15) is 4.68 Å². The average Bonchev–Trinajstić information content (AvgIpc) is 2.66. The maximum Gasteiger partial charge on any atom is 0.174 e. The summed E-state index contributed by atoms with van der Waals surface area (Å²) >= 11 is 12.9. The Morgan fingerprint density at radius 2 is 1.94 bits per heavy atom. The van der Waals surface area contributed by atoms with Crippen LogP contribution in [-0.4, -0.2) is 20.2 Å². The van der Waals surface area contributed by atoms with E-state index in [4.69, 9.17) is 11.6 Å². The average molecular weight is 366 g/mol. The third-order valence-electron chi connectivity index (χ3n) is 2.00. The van der Waals surface area contributed by atoms with Crippen LogP contribution in [0.3, 0.4) is 0 Å². The van der Waals surface area contributed by atoms with E-state index in [1.807, 2.05) is 25.1 Å². The first-order chi connectivity index (χ1) is 7.61. The summed E-state index contributed by atoms with van der Waals surface area (Å²) in [5, 5.41) is 11.2. The van der Waals surface area contributed by atoms with Gasteiger partial charge in [0.15, 0.2) is 5.82 Å². The van der Waals surface area contributed by atoms with Gasteiger partial charge >= 0.3 is 0 Å². The van der Waals surface area contributed by atoms with Gasteiger partial charge in [0.1, 0.15) is 0 Å². The lowest BCUT2D eigenvalue weighted by Gasteiger charge is -2.09. The van der Waals surface area contributed by atoms with E-state index in [0.29, 0.717) is 5.82 Å². The van der Waals surface area contributed by atoms with Crippen molar-refractivity contribution in [3.05, 3.63) is 33.0 Å². The van der Waals surface area contributed by atoms with Gasteiger partial charge in [0.05, 0.1) is 11.1 Å². The summed E-state index contributed by atoms with van der Waals surface area (Å²) in [4.78, 5) is 0. The molecule has 0 radical (unpaired) electrons. The maximum atomic E-state index is 6.01. The number of nitrogens with zero attached hydrogens (tertiary/aromatic N) is 4. The van der Waals surface area contributed by atoms with Gasteiger partial charge < -0.3 is 0 Å². The molecule has 1 unspecified atom stereocenters. The highest BCUT2D eigenvalue weighted by Gasteiger charge is 2.17. The Balaban J connectivity index is 2.63. The fourth-order valence-electron chi connectivity index (χ4n) is 1.29. The lowest BCUT2D eigenvalue weighted by atomic mass is 10.3. The van der Waals surface area contributed by atoms with Crippen molar-refractivity contribution in [2.75, 3.05) is 0 Å². The molecule has 4 nitrogen and oxygen atoms in total. The number of para-hydroxylation sites is 1. The molecule has 1 atom stereocenters. The van der Waals surface area contributed by atoms with E-state index < -0.39 is 0 Å². The van der Waals surface area contributed by atoms with Crippen molar-refractivity contribution in [1.82, 2.24) is 20.2 Å². The summed E-state index contributed by atoms with van der Waals surface area (Å²) in [7, 11) is 0. The molecule has 84 valence electrons. The van der Waals surface area contributed by atoms with Gasteiger partial charge in [-0.05, 0) is 61.3 Å². The van der Waals surface area contributed by atoms with E-state index in [9.17, 15) is 0 Å². The van der Waals surface area contributed by atoms with Gasteiger partial charge in [-0.25, -0.2) is 0 Å². The first kappa shape index (κ1) is 12.0. The van der Waals surface area contributed by atoms with Crippen molar-refractivity contribution in [1.29, 1.82) is 0 Å². The van der Waals surface area contributed by atoms with Crippen LogP contribution < -0.4 is 0 Å². The van der Waals surface area contributed by atoms with Gasteiger partial charge in [0.2, 0.25) is 0 Å². The summed E-state index contributed by atoms with van der Waals surface area (Å²) in [6.45, 7) is 1.83. The van der Waals surface area contributed by atoms with Gasteiger partial charge in [0.25, 0.3) is 0 Å². The SMILES string of the molecule is CC(Cl)c1nnnn1-c1c(Br)cccc1Br. The van der Waals surface area contributed by atoms with Crippen LogP contribution in [0.4, 0.5) is 0 Å². The van der Waals surface area contributed by atoms with Crippen LogP contribution in [0.2, 0.25) is 0 Å². The Morgan fingerprint density at radius 3 is 2.50 bits per heavy atom. The zero-order chi connectivity index (χ0) is 11.7. The fraction of sp³-hybridized carbons (Fsp3) is 0.222. The van der Waals surface area contributed by atoms with E-state index in [-0.39, 0.29) is 5.38 Å². The zero-order valence-corrected chi connectivity index (χ0v) is 12.2. The molecule has 16 heavy (non-hydrogen) atoms. The van der Waals surface area contributed by atoms with Crippen molar-refractivity contribution < 1.29 is 0 Å². The van der Waals surface area contributed by atoms with E-state index >= 15 is 0 Å². The summed E-state index contributed by atoms with van der Waals surface area (Å²) < 4.78 is 3.41. The topological polar surface area (TPSA) is 43.6 Å². The Bertz CT molecular complexity index is 492. The van der Waals surface area contributed by atoms with Crippen LogP contribution in [0.25, 0.3) is 5.69 Å². The van der Waals surface area contributed by atoms with Crippen molar-refractivity contribution >= 4 is 43.5 Å². The molecule has 0 saturated carbocycles. The lowest BCUT2D eigenvalue weighted by Crippen LogP contribution is -2.05. The molecule has 1 aromatic heterocycles. The minimum absolute atomic E-state index is 0.256. The number of tetrazole rings is 1. The fourth-order valence-corrected chi connectivity index (χ4v) is 2.76. The number of aromatic nitrogens is 4. The van der Waals surface area contributed by atoms with Crippen LogP contribution in [0.15, 0.2) is 27.1 Å². The molecular formula is C9H7Br2ClN4. The van der Waals surface area contributed by atoms with E-state index in [1.165, 1.54) is 0 Å². The standard InChI is InChI=1S/C9H7Br2ClN4/c1-5(12)9-13-14-15-16(9)8-6(10)3-2-4-7(8)11/h2-5H,1H3. The third-order valence-corrected chi connectivity index (χ3v) is 3.47. The molecule has 0 amide bonds. The highest BCUT2D eigenvalue weighted by atomic mass is 79.9. The first-order valence-electron chi connectivity index (χ1n) is 4.48. The number of hydrogen-bond acceptors (Lipinski definition) is 3. The van der Waals surface area contributed by atoms with E-state index in [0.717, 1.165) is 14.6 Å². The van der Waals surface area contributed by atoms with Crippen molar-refractivity contribution in [2.24, 2.45) is 0 Å². The lowest BCUT2D eigenvalue weighted by molar-refractivity contribution is 0.755. The van der Waals surface area contributed by atoms with Crippen LogP contribution in [0.5, 0.6) is 0 Å². The van der Waals surface area contributed by atoms with Crippen LogP contribution in [0.1, 0.15) is 18.1 Å². The summed E-state index contributed by atoms with van der Waals surface area (Å²) in [5.41, 5.74) is 0.843. The highest BCUT2D eigenvalue weighted by molar-refractivity contribution is 9.11. The predicted octanol–water partition coefficient (Wildman–Crippen LogP) is 3.49. The van der Waals surface area contributed by atoms with Crippen LogP contribution in [-0.2, 0) is 0 Å². The third kappa shape index (κ3) is 2.14. The molecule has 0 spiro atoms. The number of rotatable bonds is 2. The smallest absolute Gasteiger partial charge is 0.174 e. The number of benzene rings is 1. The Kier molecular flexibility index (Phi) is 3.61. The molecule has 2 aromatic rings. The quantitative estimate of drug-likeness (QED) is 0.764.